The summed E-state index contributed by atoms with van der Waals surface area (Å²) in [6.45, 7) is 3.97. The Kier molecular flexibility index (Phi) is 6.34. The summed E-state index contributed by atoms with van der Waals surface area (Å²) in [6.07, 6.45) is 8.07. The summed E-state index contributed by atoms with van der Waals surface area (Å²) >= 11 is 0. The Morgan fingerprint density at radius 2 is 1.66 bits per heavy atom. The van der Waals surface area contributed by atoms with Gasteiger partial charge in [-0.25, -0.2) is 8.78 Å². The maximum absolute atomic E-state index is 14.2. The molecule has 0 aliphatic rings. The van der Waals surface area contributed by atoms with Crippen LogP contribution in [-0.2, 0) is 11.8 Å². The van der Waals surface area contributed by atoms with Crippen molar-refractivity contribution in [3.63, 3.8) is 0 Å². The second-order valence-electron chi connectivity index (χ2n) is 7.52. The van der Waals surface area contributed by atoms with Crippen LogP contribution < -0.4 is 4.74 Å². The van der Waals surface area contributed by atoms with E-state index in [0.29, 0.717) is 5.75 Å². The van der Waals surface area contributed by atoms with Gasteiger partial charge in [0.25, 0.3) is 0 Å². The van der Waals surface area contributed by atoms with Gasteiger partial charge in [0.2, 0.25) is 0 Å². The molecule has 0 saturated heterocycles. The monoisotopic (exact) mass is 390 g/mol. The minimum Gasteiger partial charge on any atom is -0.454 e. The number of hydrogen-bond donors (Lipinski definition) is 0. The molecule has 0 N–H and O–H groups in total. The molecule has 0 heterocycles. The first kappa shape index (κ1) is 20.6. The van der Waals surface area contributed by atoms with Crippen molar-refractivity contribution >= 4 is 0 Å². The van der Waals surface area contributed by atoms with E-state index in [1.807, 2.05) is 38.1 Å². The molecule has 0 aliphatic heterocycles. The zero-order valence-electron chi connectivity index (χ0n) is 16.7. The van der Waals surface area contributed by atoms with Crippen molar-refractivity contribution in [2.75, 3.05) is 0 Å². The van der Waals surface area contributed by atoms with Crippen LogP contribution >= 0.6 is 0 Å². The number of hydrogen-bond acceptors (Lipinski definition) is 1. The van der Waals surface area contributed by atoms with Gasteiger partial charge in [-0.3, -0.25) is 0 Å². The van der Waals surface area contributed by atoms with Gasteiger partial charge in [-0.05, 0) is 80.6 Å². The lowest BCUT2D eigenvalue weighted by Crippen LogP contribution is -2.19. The first-order chi connectivity index (χ1) is 13.9. The van der Waals surface area contributed by atoms with E-state index in [1.54, 1.807) is 24.3 Å². The van der Waals surface area contributed by atoms with E-state index >= 15 is 0 Å². The normalized spacial score (nSPS) is 12.8. The maximum Gasteiger partial charge on any atom is 0.165 e. The van der Waals surface area contributed by atoms with Crippen LogP contribution in [0.2, 0.25) is 0 Å². The quantitative estimate of drug-likeness (QED) is 0.396. The largest absolute Gasteiger partial charge is 0.454 e. The molecule has 0 saturated carbocycles. The Morgan fingerprint density at radius 1 is 0.966 bits per heavy atom. The lowest BCUT2D eigenvalue weighted by atomic mass is 9.78. The smallest absolute Gasteiger partial charge is 0.165 e. The molecule has 1 unspecified atom stereocenters. The highest BCUT2D eigenvalue weighted by Crippen LogP contribution is 2.30. The SMILES string of the molecule is C#CC(C)(CCCc1ccc(F)c(Oc2ccc(C)cc2)c1)c1ccc(F)cc1. The Balaban J connectivity index is 1.66. The number of aryl methyl sites for hydroxylation is 2. The highest BCUT2D eigenvalue weighted by molar-refractivity contribution is 5.37. The number of halogens is 2. The lowest BCUT2D eigenvalue weighted by Gasteiger charge is -2.24. The van der Waals surface area contributed by atoms with E-state index in [2.05, 4.69) is 5.92 Å². The summed E-state index contributed by atoms with van der Waals surface area (Å²) < 4.78 is 33.1. The Labute approximate surface area is 171 Å². The van der Waals surface area contributed by atoms with Crippen LogP contribution in [0.5, 0.6) is 11.5 Å². The molecule has 3 heteroatoms. The topological polar surface area (TPSA) is 9.23 Å². The minimum atomic E-state index is -0.477. The third-order valence-electron chi connectivity index (χ3n) is 5.19. The molecule has 1 nitrogen and oxygen atoms in total. The lowest BCUT2D eigenvalue weighted by molar-refractivity contribution is 0.441. The van der Waals surface area contributed by atoms with Gasteiger partial charge in [-0.15, -0.1) is 6.42 Å². The van der Waals surface area contributed by atoms with E-state index in [9.17, 15) is 8.78 Å². The van der Waals surface area contributed by atoms with Gasteiger partial charge < -0.3 is 4.74 Å². The van der Waals surface area contributed by atoms with Gasteiger partial charge in [0.05, 0.1) is 5.41 Å². The predicted octanol–water partition coefficient (Wildman–Crippen LogP) is 6.98. The molecule has 3 aromatic rings. The van der Waals surface area contributed by atoms with Crippen molar-refractivity contribution < 1.29 is 13.5 Å². The molecule has 3 aromatic carbocycles. The van der Waals surface area contributed by atoms with Gasteiger partial charge in [0.1, 0.15) is 11.6 Å². The molecule has 0 spiro atoms. The average molecular weight is 390 g/mol. The summed E-state index contributed by atoms with van der Waals surface area (Å²) in [7, 11) is 0. The van der Waals surface area contributed by atoms with Crippen molar-refractivity contribution in [3.8, 4) is 23.8 Å². The van der Waals surface area contributed by atoms with Gasteiger partial charge >= 0.3 is 0 Å². The fraction of sp³-hybridized carbons (Fsp3) is 0.231. The first-order valence-corrected chi connectivity index (χ1v) is 9.66. The molecule has 0 fully saturated rings. The summed E-state index contributed by atoms with van der Waals surface area (Å²) in [5.74, 6) is 2.99. The van der Waals surface area contributed by atoms with Crippen molar-refractivity contribution in [2.45, 2.75) is 38.5 Å². The average Bonchev–Trinajstić information content (AvgIpc) is 2.72. The summed E-state index contributed by atoms with van der Waals surface area (Å²) in [6, 6.07) is 18.8. The van der Waals surface area contributed by atoms with Crippen LogP contribution in [0.25, 0.3) is 0 Å². The standard InChI is InChI=1S/C26H24F2O/c1-4-26(3,21-10-12-22(27)13-11-21)17-5-6-20-9-16-24(28)25(18-20)29-23-14-7-19(2)8-15-23/h1,7-16,18H,5-6,17H2,2-3H3. The van der Waals surface area contributed by atoms with Crippen LogP contribution in [0.4, 0.5) is 8.78 Å². The summed E-state index contributed by atoms with van der Waals surface area (Å²) in [4.78, 5) is 0. The van der Waals surface area contributed by atoms with Crippen LogP contribution in [-0.4, -0.2) is 0 Å². The Morgan fingerprint density at radius 3 is 2.31 bits per heavy atom. The van der Waals surface area contributed by atoms with E-state index in [1.165, 1.54) is 18.2 Å². The molecular weight excluding hydrogens is 366 g/mol. The highest BCUT2D eigenvalue weighted by Gasteiger charge is 2.23. The molecule has 0 aromatic heterocycles. The van der Waals surface area contributed by atoms with Crippen LogP contribution in [0.15, 0.2) is 66.7 Å². The van der Waals surface area contributed by atoms with Gasteiger partial charge in [0, 0.05) is 0 Å². The van der Waals surface area contributed by atoms with Gasteiger partial charge in [0.15, 0.2) is 11.6 Å². The van der Waals surface area contributed by atoms with Crippen LogP contribution in [0.1, 0.15) is 36.5 Å². The molecule has 148 valence electrons. The number of terminal acetylenes is 1. The van der Waals surface area contributed by atoms with Gasteiger partial charge in [-0.1, -0.05) is 41.8 Å². The molecule has 0 aliphatic carbocycles. The van der Waals surface area contributed by atoms with Gasteiger partial charge in [-0.2, -0.15) is 0 Å². The van der Waals surface area contributed by atoms with E-state index in [0.717, 1.165) is 36.0 Å². The third kappa shape index (κ3) is 5.23. The molecule has 29 heavy (non-hydrogen) atoms. The maximum atomic E-state index is 14.2. The molecule has 0 bridgehead atoms. The molecule has 1 atom stereocenters. The Hall–Kier alpha value is -3.12. The molecule has 0 amide bonds. The third-order valence-corrected chi connectivity index (χ3v) is 5.19. The van der Waals surface area contributed by atoms with Crippen molar-refractivity contribution in [2.24, 2.45) is 0 Å². The molecular formula is C26H24F2O. The van der Waals surface area contributed by atoms with E-state index in [4.69, 9.17) is 11.2 Å². The zero-order valence-corrected chi connectivity index (χ0v) is 16.7. The fourth-order valence-electron chi connectivity index (χ4n) is 3.28. The van der Waals surface area contributed by atoms with Crippen LogP contribution in [0, 0.1) is 30.9 Å². The van der Waals surface area contributed by atoms with Crippen LogP contribution in [0.3, 0.4) is 0 Å². The predicted molar refractivity (Wildman–Crippen MR) is 113 cm³/mol. The first-order valence-electron chi connectivity index (χ1n) is 9.66. The highest BCUT2D eigenvalue weighted by atomic mass is 19.1. The second-order valence-corrected chi connectivity index (χ2v) is 7.52. The van der Waals surface area contributed by atoms with Crippen molar-refractivity contribution in [1.29, 1.82) is 0 Å². The van der Waals surface area contributed by atoms with E-state index < -0.39 is 11.2 Å². The second kappa shape index (κ2) is 8.92. The zero-order chi connectivity index (χ0) is 20.9. The Bertz CT molecular complexity index is 1000. The number of rotatable bonds is 7. The minimum absolute atomic E-state index is 0.213. The van der Waals surface area contributed by atoms with Crippen molar-refractivity contribution in [3.05, 3.63) is 95.1 Å². The van der Waals surface area contributed by atoms with E-state index in [-0.39, 0.29) is 11.6 Å². The molecule has 0 radical (unpaired) electrons. The summed E-state index contributed by atoms with van der Waals surface area (Å²) in [5.41, 5.74) is 2.54. The summed E-state index contributed by atoms with van der Waals surface area (Å²) in [5, 5.41) is 0. The number of benzene rings is 3. The number of ether oxygens (including phenoxy) is 1. The molecule has 3 rings (SSSR count). The fourth-order valence-corrected chi connectivity index (χ4v) is 3.28. The van der Waals surface area contributed by atoms with Crippen molar-refractivity contribution in [1.82, 2.24) is 0 Å².